The summed E-state index contributed by atoms with van der Waals surface area (Å²) in [5.74, 6) is -0.504. The van der Waals surface area contributed by atoms with Gasteiger partial charge in [0.15, 0.2) is 5.16 Å². The molecule has 266 valence electrons. The SMILES string of the molecule is COc1cc(C(C)(C)c2cnc(SCc3c(F)cc(S(=O)(=O)N(C)CCCCCC[N+](C)(C)C)cc3Cl)n2-c2ccc(F)cc2)ccc1Cl. The van der Waals surface area contributed by atoms with E-state index in [0.717, 1.165) is 47.6 Å². The van der Waals surface area contributed by atoms with Crippen LogP contribution in [0.15, 0.2) is 70.8 Å². The van der Waals surface area contributed by atoms with Gasteiger partial charge in [-0.2, -0.15) is 0 Å². The van der Waals surface area contributed by atoms with E-state index in [1.807, 2.05) is 30.5 Å². The second kappa shape index (κ2) is 16.1. The predicted octanol–water partition coefficient (Wildman–Crippen LogP) is 8.97. The molecule has 1 heterocycles. The number of benzene rings is 3. The van der Waals surface area contributed by atoms with Gasteiger partial charge in [0.2, 0.25) is 10.0 Å². The van der Waals surface area contributed by atoms with Crippen LogP contribution in [0, 0.1) is 11.6 Å². The fourth-order valence-electron chi connectivity index (χ4n) is 5.49. The lowest BCUT2D eigenvalue weighted by Crippen LogP contribution is -2.35. The van der Waals surface area contributed by atoms with Crippen molar-refractivity contribution in [3.8, 4) is 11.4 Å². The first-order valence-corrected chi connectivity index (χ1v) is 19.2. The first-order chi connectivity index (χ1) is 23.0. The second-order valence-electron chi connectivity index (χ2n) is 13.6. The van der Waals surface area contributed by atoms with Crippen LogP contribution in [0.5, 0.6) is 5.75 Å². The Bertz CT molecular complexity index is 1840. The van der Waals surface area contributed by atoms with Gasteiger partial charge in [-0.15, -0.1) is 0 Å². The van der Waals surface area contributed by atoms with Crippen molar-refractivity contribution in [1.82, 2.24) is 13.9 Å². The summed E-state index contributed by atoms with van der Waals surface area (Å²) in [6.45, 7) is 5.45. The topological polar surface area (TPSA) is 64.4 Å². The van der Waals surface area contributed by atoms with Crippen molar-refractivity contribution >= 4 is 45.0 Å². The van der Waals surface area contributed by atoms with Gasteiger partial charge >= 0.3 is 0 Å². The Morgan fingerprint density at radius 2 is 1.63 bits per heavy atom. The van der Waals surface area contributed by atoms with Gasteiger partial charge in [-0.25, -0.2) is 26.5 Å². The van der Waals surface area contributed by atoms with Crippen molar-refractivity contribution in [3.63, 3.8) is 0 Å². The van der Waals surface area contributed by atoms with E-state index in [2.05, 4.69) is 26.1 Å². The average Bonchev–Trinajstić information content (AvgIpc) is 3.46. The molecule has 49 heavy (non-hydrogen) atoms. The van der Waals surface area contributed by atoms with Gasteiger partial charge in [-0.05, 0) is 73.4 Å². The predicted molar refractivity (Wildman–Crippen MR) is 196 cm³/mol. The maximum atomic E-state index is 15.6. The highest BCUT2D eigenvalue weighted by atomic mass is 35.5. The summed E-state index contributed by atoms with van der Waals surface area (Å²) >= 11 is 14.1. The van der Waals surface area contributed by atoms with Crippen LogP contribution in [0.1, 0.15) is 56.4 Å². The van der Waals surface area contributed by atoms with Crippen LogP contribution < -0.4 is 4.74 Å². The number of halogens is 4. The summed E-state index contributed by atoms with van der Waals surface area (Å²) in [6, 6.07) is 13.9. The molecule has 0 fully saturated rings. The number of thioether (sulfide) groups is 1. The number of unbranched alkanes of at least 4 members (excludes halogenated alkanes) is 3. The zero-order valence-corrected chi connectivity index (χ0v) is 32.2. The molecule has 0 aliphatic rings. The second-order valence-corrected chi connectivity index (χ2v) is 17.4. The van der Waals surface area contributed by atoms with Gasteiger partial charge in [0.05, 0.1) is 56.6 Å². The summed E-state index contributed by atoms with van der Waals surface area (Å²) in [4.78, 5) is 4.50. The van der Waals surface area contributed by atoms with Gasteiger partial charge in [-0.3, -0.25) is 4.57 Å². The van der Waals surface area contributed by atoms with Crippen LogP contribution in [-0.2, 0) is 21.2 Å². The van der Waals surface area contributed by atoms with E-state index in [-0.39, 0.29) is 27.1 Å². The summed E-state index contributed by atoms with van der Waals surface area (Å²) in [5, 5.41) is 1.01. The normalized spacial score (nSPS) is 12.6. The highest BCUT2D eigenvalue weighted by Crippen LogP contribution is 2.40. The number of quaternary nitrogens is 1. The molecule has 0 radical (unpaired) electrons. The number of ether oxygens (including phenoxy) is 1. The van der Waals surface area contributed by atoms with E-state index < -0.39 is 21.3 Å². The van der Waals surface area contributed by atoms with Gasteiger partial charge in [-0.1, -0.05) is 61.3 Å². The molecule has 0 saturated carbocycles. The summed E-state index contributed by atoms with van der Waals surface area (Å²) in [5.41, 5.74) is 1.89. The molecule has 4 aromatic rings. The molecule has 4 rings (SSSR count). The summed E-state index contributed by atoms with van der Waals surface area (Å²) < 4.78 is 65.7. The maximum absolute atomic E-state index is 15.6. The number of sulfonamides is 1. The van der Waals surface area contributed by atoms with E-state index in [4.69, 9.17) is 27.9 Å². The van der Waals surface area contributed by atoms with E-state index in [1.165, 1.54) is 41.3 Å². The first kappa shape index (κ1) is 39.1. The number of nitrogens with zero attached hydrogens (tertiary/aromatic N) is 4. The molecule has 0 spiro atoms. The molecule has 0 unspecified atom stereocenters. The van der Waals surface area contributed by atoms with Crippen LogP contribution in [0.2, 0.25) is 10.0 Å². The summed E-state index contributed by atoms with van der Waals surface area (Å²) in [6.07, 6.45) is 5.44. The molecular weight excluding hydrogens is 709 g/mol. The van der Waals surface area contributed by atoms with Gasteiger partial charge < -0.3 is 9.22 Å². The van der Waals surface area contributed by atoms with E-state index in [1.54, 1.807) is 31.5 Å². The van der Waals surface area contributed by atoms with Crippen LogP contribution in [0.25, 0.3) is 5.69 Å². The third-order valence-corrected chi connectivity index (χ3v) is 12.0. The lowest BCUT2D eigenvalue weighted by molar-refractivity contribution is -0.870. The van der Waals surface area contributed by atoms with Crippen LogP contribution in [0.3, 0.4) is 0 Å². The quantitative estimate of drug-likeness (QED) is 0.0650. The van der Waals surface area contributed by atoms with Gasteiger partial charge in [0, 0.05) is 41.0 Å². The highest BCUT2D eigenvalue weighted by Gasteiger charge is 2.31. The molecule has 0 atom stereocenters. The smallest absolute Gasteiger partial charge is 0.242 e. The maximum Gasteiger partial charge on any atom is 0.242 e. The zero-order chi connectivity index (χ0) is 36.1. The number of hydrogen-bond acceptors (Lipinski definition) is 5. The van der Waals surface area contributed by atoms with E-state index in [0.29, 0.717) is 34.6 Å². The highest BCUT2D eigenvalue weighted by molar-refractivity contribution is 7.98. The van der Waals surface area contributed by atoms with Gasteiger partial charge in [0.25, 0.3) is 0 Å². The van der Waals surface area contributed by atoms with Crippen LogP contribution >= 0.6 is 35.0 Å². The first-order valence-electron chi connectivity index (χ1n) is 16.0. The Morgan fingerprint density at radius 1 is 0.959 bits per heavy atom. The minimum absolute atomic E-state index is 0.00785. The number of aromatic nitrogens is 2. The van der Waals surface area contributed by atoms with E-state index >= 15 is 4.39 Å². The largest absolute Gasteiger partial charge is 0.495 e. The Labute approximate surface area is 303 Å². The number of imidazole rings is 1. The standard InChI is InChI=1S/C36H45Cl2F2N4O3S2/c1-36(2,25-12-17-30(37)33(20-25)47-7)34-23-41-35(43(34)27-15-13-26(39)14-16-27)48-24-29-31(38)21-28(22-32(29)40)49(45,46)42(3)18-10-8-9-11-19-44(4,5)6/h12-17,20-23H,8-11,18-19,24H2,1-7H3/q+1. The van der Waals surface area contributed by atoms with Crippen molar-refractivity contribution in [2.45, 2.75) is 60.8 Å². The zero-order valence-electron chi connectivity index (χ0n) is 29.1. The molecule has 13 heteroatoms. The third-order valence-electron chi connectivity index (χ3n) is 8.55. The minimum atomic E-state index is -3.94. The molecule has 0 saturated heterocycles. The molecule has 3 aromatic carbocycles. The lowest BCUT2D eigenvalue weighted by Gasteiger charge is -2.28. The van der Waals surface area contributed by atoms with E-state index in [9.17, 15) is 12.8 Å². The molecule has 0 N–H and O–H groups in total. The fourth-order valence-corrected chi connectivity index (χ4v) is 8.38. The molecule has 1 aromatic heterocycles. The average molecular weight is 755 g/mol. The number of methoxy groups -OCH3 is 1. The monoisotopic (exact) mass is 753 g/mol. The Hall–Kier alpha value is -2.67. The van der Waals surface area contributed by atoms with Gasteiger partial charge in [0.1, 0.15) is 17.4 Å². The van der Waals surface area contributed by atoms with Crippen molar-refractivity contribution in [2.75, 3.05) is 48.4 Å². The Balaban J connectivity index is 1.56. The van der Waals surface area contributed by atoms with Crippen molar-refractivity contribution in [2.24, 2.45) is 0 Å². The Morgan fingerprint density at radius 3 is 2.27 bits per heavy atom. The number of hydrogen-bond donors (Lipinski definition) is 0. The number of rotatable bonds is 16. The minimum Gasteiger partial charge on any atom is -0.495 e. The molecule has 0 bridgehead atoms. The Kier molecular flexibility index (Phi) is 12.9. The fraction of sp³-hybridized carbons (Fsp3) is 0.417. The van der Waals surface area contributed by atoms with Crippen LogP contribution in [0.4, 0.5) is 8.78 Å². The third kappa shape index (κ3) is 9.56. The van der Waals surface area contributed by atoms with Crippen molar-refractivity contribution in [1.29, 1.82) is 0 Å². The molecule has 0 amide bonds. The molecule has 0 aliphatic heterocycles. The molecule has 7 nitrogen and oxygen atoms in total. The summed E-state index contributed by atoms with van der Waals surface area (Å²) in [7, 11) is 5.56. The van der Waals surface area contributed by atoms with Crippen molar-refractivity contribution in [3.05, 3.63) is 99.3 Å². The van der Waals surface area contributed by atoms with Crippen LogP contribution in [-0.4, -0.2) is 75.1 Å². The molecule has 0 aliphatic carbocycles. The lowest BCUT2D eigenvalue weighted by atomic mass is 9.81. The molecular formula is C36H45Cl2F2N4O3S2+. The van der Waals surface area contributed by atoms with Crippen molar-refractivity contribution < 1.29 is 26.4 Å².